The van der Waals surface area contributed by atoms with E-state index in [1.54, 1.807) is 13.3 Å². The fraction of sp³-hybridized carbons (Fsp3) is 0.333. The van der Waals surface area contributed by atoms with Crippen LogP contribution >= 0.6 is 15.9 Å². The molecule has 1 heterocycles. The van der Waals surface area contributed by atoms with Gasteiger partial charge < -0.3 is 9.47 Å². The zero-order valence-corrected chi connectivity index (χ0v) is 9.61. The molecular weight excluding hydrogens is 248 g/mol. The summed E-state index contributed by atoms with van der Waals surface area (Å²) < 4.78 is 9.97. The molecule has 1 rings (SSSR count). The van der Waals surface area contributed by atoms with Crippen molar-refractivity contribution in [2.24, 2.45) is 0 Å². The van der Waals surface area contributed by atoms with Crippen LogP contribution in [0.3, 0.4) is 0 Å². The van der Waals surface area contributed by atoms with Crippen LogP contribution in [-0.4, -0.2) is 29.5 Å². The lowest BCUT2D eigenvalue weighted by molar-refractivity contribution is 0.351. The zero-order valence-electron chi connectivity index (χ0n) is 8.03. The number of hydrogen-bond acceptors (Lipinski definition) is 4. The molecule has 4 nitrogen and oxygen atoms in total. The maximum absolute atomic E-state index is 5.09. The lowest BCUT2D eigenvalue weighted by Crippen LogP contribution is -1.97. The van der Waals surface area contributed by atoms with E-state index in [9.17, 15) is 0 Å². The third-order valence-corrected chi connectivity index (χ3v) is 1.89. The number of halogens is 1. The van der Waals surface area contributed by atoms with Gasteiger partial charge in [-0.15, -0.1) is 0 Å². The molecule has 0 spiro atoms. The molecule has 0 atom stereocenters. The topological polar surface area (TPSA) is 44.2 Å². The van der Waals surface area contributed by atoms with Gasteiger partial charge in [0.05, 0.1) is 19.8 Å². The lowest BCUT2D eigenvalue weighted by atomic mass is 10.3. The number of ether oxygens (including phenoxy) is 2. The highest BCUT2D eigenvalue weighted by molar-refractivity contribution is 9.09. The standard InChI is InChI=1S/C9H11BrN2O2/c1-13-8-7(4-3-5-10)6-11-9(12-8)14-2/h3-4,6H,5H2,1-2H3. The number of alkyl halides is 1. The summed E-state index contributed by atoms with van der Waals surface area (Å²) in [7, 11) is 3.08. The Hall–Kier alpha value is -1.10. The van der Waals surface area contributed by atoms with Crippen LogP contribution in [0, 0.1) is 0 Å². The van der Waals surface area contributed by atoms with Gasteiger partial charge >= 0.3 is 6.01 Å². The Morgan fingerprint density at radius 2 is 2.21 bits per heavy atom. The van der Waals surface area contributed by atoms with Crippen LogP contribution in [0.15, 0.2) is 12.3 Å². The van der Waals surface area contributed by atoms with E-state index in [1.165, 1.54) is 7.11 Å². The molecule has 5 heteroatoms. The van der Waals surface area contributed by atoms with Crippen molar-refractivity contribution < 1.29 is 9.47 Å². The van der Waals surface area contributed by atoms with Gasteiger partial charge in [0.15, 0.2) is 0 Å². The van der Waals surface area contributed by atoms with Crippen LogP contribution in [0.25, 0.3) is 6.08 Å². The maximum atomic E-state index is 5.09. The molecule has 0 aromatic carbocycles. The van der Waals surface area contributed by atoms with Crippen molar-refractivity contribution in [1.82, 2.24) is 9.97 Å². The van der Waals surface area contributed by atoms with Crippen LogP contribution in [0.5, 0.6) is 11.9 Å². The normalized spacial score (nSPS) is 10.5. The summed E-state index contributed by atoms with van der Waals surface area (Å²) in [6, 6.07) is 0.304. The SMILES string of the molecule is COc1ncc(C=CCBr)c(OC)n1. The molecule has 0 unspecified atom stereocenters. The van der Waals surface area contributed by atoms with Crippen LogP contribution in [-0.2, 0) is 0 Å². The molecule has 0 bridgehead atoms. The summed E-state index contributed by atoms with van der Waals surface area (Å²) in [5.74, 6) is 0.508. The molecule has 0 saturated carbocycles. The van der Waals surface area contributed by atoms with E-state index in [-0.39, 0.29) is 0 Å². The number of nitrogens with zero attached hydrogens (tertiary/aromatic N) is 2. The minimum atomic E-state index is 0.304. The first-order valence-electron chi connectivity index (χ1n) is 3.99. The number of allylic oxidation sites excluding steroid dienone is 1. The van der Waals surface area contributed by atoms with Crippen molar-refractivity contribution in [2.75, 3.05) is 19.5 Å². The van der Waals surface area contributed by atoms with Gasteiger partial charge in [-0.2, -0.15) is 4.98 Å². The minimum Gasteiger partial charge on any atom is -0.480 e. The van der Waals surface area contributed by atoms with E-state index in [0.717, 1.165) is 10.9 Å². The molecule has 0 aliphatic heterocycles. The van der Waals surface area contributed by atoms with Crippen molar-refractivity contribution in [1.29, 1.82) is 0 Å². The van der Waals surface area contributed by atoms with Gasteiger partial charge in [-0.1, -0.05) is 28.1 Å². The van der Waals surface area contributed by atoms with Gasteiger partial charge in [0.25, 0.3) is 0 Å². The number of aromatic nitrogens is 2. The zero-order chi connectivity index (χ0) is 10.4. The largest absolute Gasteiger partial charge is 0.480 e. The molecule has 0 radical (unpaired) electrons. The van der Waals surface area contributed by atoms with Crippen molar-refractivity contribution >= 4 is 22.0 Å². The third kappa shape index (κ3) is 2.70. The summed E-state index contributed by atoms with van der Waals surface area (Å²) in [5.41, 5.74) is 0.827. The smallest absolute Gasteiger partial charge is 0.319 e. The molecular formula is C9H11BrN2O2. The van der Waals surface area contributed by atoms with E-state index in [1.807, 2.05) is 12.2 Å². The molecule has 0 fully saturated rings. The van der Waals surface area contributed by atoms with E-state index in [2.05, 4.69) is 25.9 Å². The van der Waals surface area contributed by atoms with Gasteiger partial charge in [-0.05, 0) is 0 Å². The van der Waals surface area contributed by atoms with Crippen LogP contribution in [0.4, 0.5) is 0 Å². The molecule has 0 aliphatic carbocycles. The predicted octanol–water partition coefficient (Wildman–Crippen LogP) is 1.90. The Bertz CT molecular complexity index is 329. The number of rotatable bonds is 4. The van der Waals surface area contributed by atoms with Gasteiger partial charge in [0, 0.05) is 11.5 Å². The molecule has 0 N–H and O–H groups in total. The van der Waals surface area contributed by atoms with Crippen molar-refractivity contribution in [3.63, 3.8) is 0 Å². The Morgan fingerprint density at radius 3 is 2.79 bits per heavy atom. The van der Waals surface area contributed by atoms with Gasteiger partial charge in [0.1, 0.15) is 0 Å². The average Bonchev–Trinajstić information content (AvgIpc) is 2.26. The Kier molecular flexibility index (Phi) is 4.39. The fourth-order valence-corrected chi connectivity index (χ4v) is 1.09. The molecule has 1 aromatic heterocycles. The number of hydrogen-bond donors (Lipinski definition) is 0. The minimum absolute atomic E-state index is 0.304. The summed E-state index contributed by atoms with van der Waals surface area (Å²) >= 11 is 3.29. The van der Waals surface area contributed by atoms with Gasteiger partial charge in [-0.25, -0.2) is 4.98 Å². The second kappa shape index (κ2) is 5.59. The molecule has 76 valence electrons. The highest BCUT2D eigenvalue weighted by Crippen LogP contribution is 2.18. The summed E-state index contributed by atoms with van der Waals surface area (Å²) in [5, 5.41) is 0.780. The quantitative estimate of drug-likeness (QED) is 0.774. The monoisotopic (exact) mass is 258 g/mol. The second-order valence-electron chi connectivity index (χ2n) is 2.38. The van der Waals surface area contributed by atoms with Gasteiger partial charge in [0.2, 0.25) is 5.88 Å². The average molecular weight is 259 g/mol. The van der Waals surface area contributed by atoms with Crippen molar-refractivity contribution in [2.45, 2.75) is 0 Å². The number of methoxy groups -OCH3 is 2. The van der Waals surface area contributed by atoms with Crippen LogP contribution in [0.2, 0.25) is 0 Å². The highest BCUT2D eigenvalue weighted by atomic mass is 79.9. The lowest BCUT2D eigenvalue weighted by Gasteiger charge is -2.04. The summed E-state index contributed by atoms with van der Waals surface area (Å²) in [6.45, 7) is 0. The third-order valence-electron chi connectivity index (χ3n) is 1.52. The summed E-state index contributed by atoms with van der Waals surface area (Å²) in [6.07, 6.45) is 5.48. The van der Waals surface area contributed by atoms with E-state index in [0.29, 0.717) is 11.9 Å². The molecule has 14 heavy (non-hydrogen) atoms. The van der Waals surface area contributed by atoms with Crippen LogP contribution in [0.1, 0.15) is 5.56 Å². The first-order valence-corrected chi connectivity index (χ1v) is 5.11. The summed E-state index contributed by atoms with van der Waals surface area (Å²) in [4.78, 5) is 8.02. The van der Waals surface area contributed by atoms with E-state index < -0.39 is 0 Å². The Morgan fingerprint density at radius 1 is 1.43 bits per heavy atom. The molecule has 0 amide bonds. The second-order valence-corrected chi connectivity index (χ2v) is 3.03. The fourth-order valence-electron chi connectivity index (χ4n) is 0.908. The maximum Gasteiger partial charge on any atom is 0.319 e. The first kappa shape index (κ1) is 11.0. The highest BCUT2D eigenvalue weighted by Gasteiger charge is 2.04. The van der Waals surface area contributed by atoms with E-state index in [4.69, 9.17) is 9.47 Å². The van der Waals surface area contributed by atoms with E-state index >= 15 is 0 Å². The van der Waals surface area contributed by atoms with Crippen molar-refractivity contribution in [3.05, 3.63) is 17.8 Å². The van der Waals surface area contributed by atoms with Gasteiger partial charge in [-0.3, -0.25) is 0 Å². The van der Waals surface area contributed by atoms with Crippen LogP contribution < -0.4 is 9.47 Å². The first-order chi connectivity index (χ1) is 6.81. The Labute approximate surface area is 91.1 Å². The molecule has 0 saturated heterocycles. The van der Waals surface area contributed by atoms with Crippen molar-refractivity contribution in [3.8, 4) is 11.9 Å². The molecule has 1 aromatic rings. The predicted molar refractivity (Wildman–Crippen MR) is 58.0 cm³/mol. The molecule has 0 aliphatic rings. The Balaban J connectivity index is 2.99.